The molecule has 0 bridgehead atoms. The van der Waals surface area contributed by atoms with Crippen LogP contribution in [-0.2, 0) is 0 Å². The molecule has 6 aromatic carbocycles. The molecule has 1 aliphatic heterocycles. The van der Waals surface area contributed by atoms with Gasteiger partial charge in [0.15, 0.2) is 6.17 Å². The third kappa shape index (κ3) is 5.07. The van der Waals surface area contributed by atoms with E-state index in [-0.39, 0.29) is 6.17 Å². The van der Waals surface area contributed by atoms with Crippen molar-refractivity contribution in [1.29, 1.82) is 0 Å². The second-order valence-corrected chi connectivity index (χ2v) is 14.7. The van der Waals surface area contributed by atoms with E-state index in [0.29, 0.717) is 5.92 Å². The van der Waals surface area contributed by atoms with E-state index in [0.717, 1.165) is 110 Å². The summed E-state index contributed by atoms with van der Waals surface area (Å²) in [6.07, 6.45) is 13.8. The van der Waals surface area contributed by atoms with Crippen molar-refractivity contribution in [2.75, 3.05) is 0 Å². The molecule has 0 amide bonds. The van der Waals surface area contributed by atoms with Crippen molar-refractivity contribution in [1.82, 2.24) is 5.32 Å². The number of nitrogens with one attached hydrogen (secondary N) is 1. The first-order valence-electron chi connectivity index (χ1n) is 19.1. The summed E-state index contributed by atoms with van der Waals surface area (Å²) in [5, 5.41) is 10.4. The molecule has 5 heteroatoms. The highest BCUT2D eigenvalue weighted by Gasteiger charge is 2.27. The summed E-state index contributed by atoms with van der Waals surface area (Å²) >= 11 is 0. The molecule has 3 aliphatic rings. The molecule has 1 N–H and O–H groups in total. The minimum atomic E-state index is -0.241. The zero-order valence-corrected chi connectivity index (χ0v) is 29.8. The van der Waals surface area contributed by atoms with Crippen LogP contribution in [-0.4, -0.2) is 17.8 Å². The second kappa shape index (κ2) is 12.6. The van der Waals surface area contributed by atoms with E-state index in [1.165, 1.54) is 22.1 Å². The van der Waals surface area contributed by atoms with Crippen LogP contribution in [0.4, 0.5) is 0 Å². The topological polar surface area (TPSA) is 63.0 Å². The third-order valence-electron chi connectivity index (χ3n) is 11.5. The Labute approximate surface area is 312 Å². The number of fused-ring (bicyclic) bond motifs is 8. The first kappa shape index (κ1) is 31.1. The first-order valence-corrected chi connectivity index (χ1v) is 19.1. The van der Waals surface area contributed by atoms with E-state index in [2.05, 4.69) is 145 Å². The Balaban J connectivity index is 0.956. The van der Waals surface area contributed by atoms with E-state index in [9.17, 15) is 0 Å². The highest BCUT2D eigenvalue weighted by molar-refractivity contribution is 6.19. The van der Waals surface area contributed by atoms with Crippen molar-refractivity contribution in [2.45, 2.75) is 44.2 Å². The number of benzene rings is 6. The van der Waals surface area contributed by atoms with E-state index in [4.69, 9.17) is 18.8 Å². The summed E-state index contributed by atoms with van der Waals surface area (Å²) < 4.78 is 13.7. The van der Waals surface area contributed by atoms with Crippen LogP contribution >= 0.6 is 0 Å². The van der Waals surface area contributed by atoms with Crippen LogP contribution in [0, 0.1) is 0 Å². The fraction of sp³-hybridized carbons (Fsp3) is 0.143. The van der Waals surface area contributed by atoms with Crippen LogP contribution in [0.5, 0.6) is 0 Å². The average molecular weight is 700 g/mol. The van der Waals surface area contributed by atoms with Crippen LogP contribution in [0.1, 0.15) is 49.1 Å². The average Bonchev–Trinajstić information content (AvgIpc) is 3.84. The van der Waals surface area contributed by atoms with Crippen molar-refractivity contribution in [3.8, 4) is 11.1 Å². The van der Waals surface area contributed by atoms with Gasteiger partial charge in [0.1, 0.15) is 34.0 Å². The van der Waals surface area contributed by atoms with Gasteiger partial charge >= 0.3 is 0 Å². The largest absolute Gasteiger partial charge is 0.455 e. The predicted molar refractivity (Wildman–Crippen MR) is 222 cm³/mol. The van der Waals surface area contributed by atoms with E-state index >= 15 is 0 Å². The number of amidine groups is 2. The number of hydrogen-bond acceptors (Lipinski definition) is 5. The van der Waals surface area contributed by atoms with Gasteiger partial charge in [0, 0.05) is 43.6 Å². The lowest BCUT2D eigenvalue weighted by atomic mass is 9.83. The van der Waals surface area contributed by atoms with Gasteiger partial charge in [-0.05, 0) is 66.2 Å². The monoisotopic (exact) mass is 699 g/mol. The zero-order valence-electron chi connectivity index (χ0n) is 29.8. The van der Waals surface area contributed by atoms with Crippen LogP contribution in [0.2, 0.25) is 0 Å². The Kier molecular flexibility index (Phi) is 7.25. The lowest BCUT2D eigenvalue weighted by molar-refractivity contribution is 0.591. The molecule has 54 heavy (non-hydrogen) atoms. The molecule has 2 aliphatic carbocycles. The normalized spacial score (nSPS) is 18.9. The SMILES string of the molecule is C1=CC(C2N=C(C3=CCC(c4cccc5c4oc4c(-c6cccc7c6oc6c8ccccc8ccc76)cccc45)CC3)NC(c3ccccc3)=N2)=CCC1. The number of para-hydroxylation sites is 3. The quantitative estimate of drug-likeness (QED) is 0.194. The summed E-state index contributed by atoms with van der Waals surface area (Å²) in [6.45, 7) is 0. The van der Waals surface area contributed by atoms with Gasteiger partial charge in [0.2, 0.25) is 0 Å². The molecule has 2 atom stereocenters. The van der Waals surface area contributed by atoms with Crippen molar-refractivity contribution < 1.29 is 8.83 Å². The minimum absolute atomic E-state index is 0.241. The number of furan rings is 2. The Morgan fingerprint density at radius 1 is 0.556 bits per heavy atom. The Hall–Kier alpha value is -6.46. The summed E-state index contributed by atoms with van der Waals surface area (Å²) in [6, 6.07) is 42.8. The standard InChI is InChI=1S/C49H37N3O2/c1-3-13-32(14-4-1)47-50-48(33-15-5-2-6-16-33)52-49(51-47)34-26-24-31(25-27-34)36-18-9-19-37-38-20-10-21-39(45(38)53-43(36)37)40-22-11-23-41-42-29-28-30-12-7-8-17-35(30)44(42)54-46(40)41/h1,3-5,7-23,26,28-29,31,48H,2,6,24-25,27H2,(H,50,51,52). The first-order chi connectivity index (χ1) is 26.8. The smallest absolute Gasteiger partial charge is 0.169 e. The number of nitrogens with zero attached hydrogens (tertiary/aromatic N) is 2. The molecule has 0 radical (unpaired) electrons. The highest BCUT2D eigenvalue weighted by atomic mass is 16.3. The molecule has 0 saturated carbocycles. The Morgan fingerprint density at radius 2 is 1.24 bits per heavy atom. The predicted octanol–water partition coefficient (Wildman–Crippen LogP) is 12.6. The Morgan fingerprint density at radius 3 is 2.00 bits per heavy atom. The maximum Gasteiger partial charge on any atom is 0.169 e. The van der Waals surface area contributed by atoms with Gasteiger partial charge < -0.3 is 14.2 Å². The fourth-order valence-electron chi connectivity index (χ4n) is 8.78. The number of aliphatic imine (C=N–C) groups is 2. The third-order valence-corrected chi connectivity index (χ3v) is 11.5. The van der Waals surface area contributed by atoms with Crippen LogP contribution in [0.3, 0.4) is 0 Å². The second-order valence-electron chi connectivity index (χ2n) is 14.7. The molecular formula is C49H37N3O2. The van der Waals surface area contributed by atoms with Crippen LogP contribution < -0.4 is 5.32 Å². The summed E-state index contributed by atoms with van der Waals surface area (Å²) in [4.78, 5) is 10.2. The van der Waals surface area contributed by atoms with Crippen molar-refractivity contribution in [3.05, 3.63) is 168 Å². The molecule has 0 fully saturated rings. The molecular weight excluding hydrogens is 663 g/mol. The number of rotatable bonds is 5. The molecule has 8 aromatic rings. The molecule has 2 unspecified atom stereocenters. The summed E-state index contributed by atoms with van der Waals surface area (Å²) in [5.41, 5.74) is 10.5. The summed E-state index contributed by atoms with van der Waals surface area (Å²) in [7, 11) is 0. The zero-order chi connectivity index (χ0) is 35.6. The molecule has 11 rings (SSSR count). The van der Waals surface area contributed by atoms with Gasteiger partial charge in [-0.25, -0.2) is 9.98 Å². The van der Waals surface area contributed by atoms with E-state index < -0.39 is 0 Å². The van der Waals surface area contributed by atoms with Crippen molar-refractivity contribution in [2.24, 2.45) is 9.98 Å². The molecule has 5 nitrogen and oxygen atoms in total. The maximum atomic E-state index is 6.98. The highest BCUT2D eigenvalue weighted by Crippen LogP contribution is 2.45. The molecule has 0 spiro atoms. The molecule has 3 heterocycles. The Bertz CT molecular complexity index is 2950. The molecule has 2 aromatic heterocycles. The van der Waals surface area contributed by atoms with E-state index in [1.807, 2.05) is 6.07 Å². The van der Waals surface area contributed by atoms with Gasteiger partial charge in [0.05, 0.1) is 0 Å². The lowest BCUT2D eigenvalue weighted by Gasteiger charge is -2.28. The fourth-order valence-corrected chi connectivity index (χ4v) is 8.78. The summed E-state index contributed by atoms with van der Waals surface area (Å²) in [5.74, 6) is 2.15. The van der Waals surface area contributed by atoms with E-state index in [1.54, 1.807) is 0 Å². The van der Waals surface area contributed by atoms with Crippen LogP contribution in [0.25, 0.3) is 65.8 Å². The molecule has 0 saturated heterocycles. The van der Waals surface area contributed by atoms with Gasteiger partial charge in [-0.3, -0.25) is 0 Å². The van der Waals surface area contributed by atoms with Gasteiger partial charge in [-0.1, -0.05) is 140 Å². The van der Waals surface area contributed by atoms with Gasteiger partial charge in [-0.15, -0.1) is 0 Å². The molecule has 260 valence electrons. The lowest BCUT2D eigenvalue weighted by Crippen LogP contribution is -2.39. The van der Waals surface area contributed by atoms with Gasteiger partial charge in [-0.2, -0.15) is 0 Å². The number of allylic oxidation sites excluding steroid dienone is 3. The van der Waals surface area contributed by atoms with Crippen molar-refractivity contribution >= 4 is 66.3 Å². The van der Waals surface area contributed by atoms with Crippen LogP contribution in [0.15, 0.2) is 176 Å². The van der Waals surface area contributed by atoms with Gasteiger partial charge in [0.25, 0.3) is 0 Å². The number of hydrogen-bond donors (Lipinski definition) is 1. The maximum absolute atomic E-state index is 6.98. The minimum Gasteiger partial charge on any atom is -0.455 e. The van der Waals surface area contributed by atoms with Crippen molar-refractivity contribution in [3.63, 3.8) is 0 Å².